The van der Waals surface area contributed by atoms with E-state index in [4.69, 9.17) is 10.5 Å². The van der Waals surface area contributed by atoms with Crippen LogP contribution in [0.15, 0.2) is 30.3 Å². The second-order valence-electron chi connectivity index (χ2n) is 3.98. The van der Waals surface area contributed by atoms with Gasteiger partial charge in [0.15, 0.2) is 0 Å². The third-order valence-electron chi connectivity index (χ3n) is 2.90. The summed E-state index contributed by atoms with van der Waals surface area (Å²) >= 11 is 0. The third kappa shape index (κ3) is 1.97. The standard InChI is InChI=1S/C12H17NO/c1-14-12(11(13)9-7-8-9)10-5-3-2-4-6-10/h2-6,9,11-12H,7-8,13H2,1H3. The fourth-order valence-electron chi connectivity index (χ4n) is 1.89. The lowest BCUT2D eigenvalue weighted by atomic mass is 9.99. The summed E-state index contributed by atoms with van der Waals surface area (Å²) in [5, 5.41) is 0. The molecular weight excluding hydrogens is 174 g/mol. The smallest absolute Gasteiger partial charge is 0.0974 e. The van der Waals surface area contributed by atoms with Crippen molar-refractivity contribution < 1.29 is 4.74 Å². The molecule has 1 aromatic carbocycles. The largest absolute Gasteiger partial charge is 0.375 e. The topological polar surface area (TPSA) is 35.2 Å². The van der Waals surface area contributed by atoms with Gasteiger partial charge in [-0.15, -0.1) is 0 Å². The van der Waals surface area contributed by atoms with Crippen LogP contribution in [0.3, 0.4) is 0 Å². The predicted molar refractivity (Wildman–Crippen MR) is 56.9 cm³/mol. The van der Waals surface area contributed by atoms with Gasteiger partial charge in [-0.3, -0.25) is 0 Å². The lowest BCUT2D eigenvalue weighted by molar-refractivity contribution is 0.0737. The first-order valence-corrected chi connectivity index (χ1v) is 5.16. The molecule has 2 atom stereocenters. The van der Waals surface area contributed by atoms with E-state index in [0.717, 1.165) is 0 Å². The van der Waals surface area contributed by atoms with Crippen molar-refractivity contribution >= 4 is 0 Å². The molecule has 76 valence electrons. The van der Waals surface area contributed by atoms with Gasteiger partial charge in [0.2, 0.25) is 0 Å². The molecule has 0 radical (unpaired) electrons. The molecule has 1 saturated carbocycles. The van der Waals surface area contributed by atoms with Crippen molar-refractivity contribution in [3.05, 3.63) is 35.9 Å². The molecule has 1 fully saturated rings. The number of ether oxygens (including phenoxy) is 1. The Bertz CT molecular complexity index is 282. The van der Waals surface area contributed by atoms with Crippen LogP contribution in [0.1, 0.15) is 24.5 Å². The minimum absolute atomic E-state index is 0.0590. The van der Waals surface area contributed by atoms with Crippen LogP contribution in [0, 0.1) is 5.92 Å². The summed E-state index contributed by atoms with van der Waals surface area (Å²) in [5.74, 6) is 0.667. The van der Waals surface area contributed by atoms with Crippen LogP contribution in [0.25, 0.3) is 0 Å². The summed E-state index contributed by atoms with van der Waals surface area (Å²) in [7, 11) is 1.74. The molecule has 1 aliphatic carbocycles. The van der Waals surface area contributed by atoms with Crippen molar-refractivity contribution in [3.63, 3.8) is 0 Å². The number of methoxy groups -OCH3 is 1. The first kappa shape index (κ1) is 9.69. The van der Waals surface area contributed by atoms with E-state index < -0.39 is 0 Å². The molecule has 0 aliphatic heterocycles. The second kappa shape index (κ2) is 4.11. The van der Waals surface area contributed by atoms with E-state index in [0.29, 0.717) is 5.92 Å². The number of rotatable bonds is 4. The lowest BCUT2D eigenvalue weighted by Crippen LogP contribution is -2.31. The van der Waals surface area contributed by atoms with E-state index in [9.17, 15) is 0 Å². The van der Waals surface area contributed by atoms with Crippen molar-refractivity contribution in [1.29, 1.82) is 0 Å². The SMILES string of the molecule is COC(c1ccccc1)C(N)C1CC1. The minimum Gasteiger partial charge on any atom is -0.375 e. The van der Waals surface area contributed by atoms with Crippen LogP contribution < -0.4 is 5.73 Å². The molecule has 1 aliphatic rings. The van der Waals surface area contributed by atoms with Gasteiger partial charge in [-0.1, -0.05) is 30.3 Å². The Kier molecular flexibility index (Phi) is 2.85. The van der Waals surface area contributed by atoms with Crippen molar-refractivity contribution in [2.45, 2.75) is 25.0 Å². The zero-order valence-corrected chi connectivity index (χ0v) is 8.52. The Hall–Kier alpha value is -0.860. The molecule has 2 unspecified atom stereocenters. The Morgan fingerprint density at radius 1 is 1.29 bits per heavy atom. The highest BCUT2D eigenvalue weighted by molar-refractivity contribution is 5.19. The summed E-state index contributed by atoms with van der Waals surface area (Å²) in [6.45, 7) is 0. The molecule has 2 heteroatoms. The van der Waals surface area contributed by atoms with Crippen molar-refractivity contribution in [1.82, 2.24) is 0 Å². The van der Waals surface area contributed by atoms with Gasteiger partial charge in [0.1, 0.15) is 0 Å². The van der Waals surface area contributed by atoms with Crippen molar-refractivity contribution in [3.8, 4) is 0 Å². The van der Waals surface area contributed by atoms with Crippen LogP contribution in [0.5, 0.6) is 0 Å². The summed E-state index contributed by atoms with van der Waals surface area (Å²) in [6, 6.07) is 10.4. The molecule has 0 spiro atoms. The van der Waals surface area contributed by atoms with Crippen LogP contribution in [-0.4, -0.2) is 13.2 Å². The molecule has 2 nitrogen and oxygen atoms in total. The summed E-state index contributed by atoms with van der Waals surface area (Å²) in [5.41, 5.74) is 7.33. The van der Waals surface area contributed by atoms with Gasteiger partial charge < -0.3 is 10.5 Å². The van der Waals surface area contributed by atoms with Gasteiger partial charge >= 0.3 is 0 Å². The molecule has 1 aromatic rings. The van der Waals surface area contributed by atoms with Gasteiger partial charge in [-0.05, 0) is 24.3 Å². The molecular formula is C12H17NO. The van der Waals surface area contributed by atoms with E-state index in [1.807, 2.05) is 18.2 Å². The second-order valence-corrected chi connectivity index (χ2v) is 3.98. The van der Waals surface area contributed by atoms with Crippen molar-refractivity contribution in [2.75, 3.05) is 7.11 Å². The number of benzene rings is 1. The molecule has 0 heterocycles. The maximum absolute atomic E-state index is 6.14. The van der Waals surface area contributed by atoms with Gasteiger partial charge in [0.25, 0.3) is 0 Å². The van der Waals surface area contributed by atoms with Crippen molar-refractivity contribution in [2.24, 2.45) is 11.7 Å². The monoisotopic (exact) mass is 191 g/mol. The third-order valence-corrected chi connectivity index (χ3v) is 2.90. The van der Waals surface area contributed by atoms with E-state index >= 15 is 0 Å². The molecule has 0 aromatic heterocycles. The highest BCUT2D eigenvalue weighted by Gasteiger charge is 2.34. The molecule has 0 saturated heterocycles. The quantitative estimate of drug-likeness (QED) is 0.791. The number of hydrogen-bond donors (Lipinski definition) is 1. The summed E-state index contributed by atoms with van der Waals surface area (Å²) in [4.78, 5) is 0. The van der Waals surface area contributed by atoms with Crippen LogP contribution in [0.4, 0.5) is 0 Å². The Balaban J connectivity index is 2.12. The van der Waals surface area contributed by atoms with Crippen LogP contribution in [0.2, 0.25) is 0 Å². The normalized spacial score (nSPS) is 20.4. The van der Waals surface area contributed by atoms with Gasteiger partial charge in [0.05, 0.1) is 6.10 Å². The van der Waals surface area contributed by atoms with E-state index in [1.165, 1.54) is 18.4 Å². The fraction of sp³-hybridized carbons (Fsp3) is 0.500. The highest BCUT2D eigenvalue weighted by Crippen LogP contribution is 2.37. The molecule has 0 bridgehead atoms. The predicted octanol–water partition coefficient (Wildman–Crippen LogP) is 2.11. The first-order chi connectivity index (χ1) is 6.83. The fourth-order valence-corrected chi connectivity index (χ4v) is 1.89. The first-order valence-electron chi connectivity index (χ1n) is 5.16. The minimum atomic E-state index is 0.0590. The van der Waals surface area contributed by atoms with E-state index in [2.05, 4.69) is 12.1 Å². The zero-order valence-electron chi connectivity index (χ0n) is 8.52. The van der Waals surface area contributed by atoms with E-state index in [-0.39, 0.29) is 12.1 Å². The lowest BCUT2D eigenvalue weighted by Gasteiger charge is -2.22. The molecule has 0 amide bonds. The van der Waals surface area contributed by atoms with Crippen LogP contribution >= 0.6 is 0 Å². The maximum atomic E-state index is 6.14. The average Bonchev–Trinajstić information content (AvgIpc) is 3.03. The molecule has 14 heavy (non-hydrogen) atoms. The summed E-state index contributed by atoms with van der Waals surface area (Å²) in [6.07, 6.45) is 2.57. The highest BCUT2D eigenvalue weighted by atomic mass is 16.5. The average molecular weight is 191 g/mol. The summed E-state index contributed by atoms with van der Waals surface area (Å²) < 4.78 is 5.47. The van der Waals surface area contributed by atoms with Crippen LogP contribution in [-0.2, 0) is 4.74 Å². The Morgan fingerprint density at radius 2 is 1.93 bits per heavy atom. The van der Waals surface area contributed by atoms with Gasteiger partial charge in [-0.25, -0.2) is 0 Å². The van der Waals surface area contributed by atoms with Gasteiger partial charge in [0, 0.05) is 13.2 Å². The Morgan fingerprint density at radius 3 is 2.43 bits per heavy atom. The number of nitrogens with two attached hydrogens (primary N) is 1. The zero-order chi connectivity index (χ0) is 9.97. The maximum Gasteiger partial charge on any atom is 0.0974 e. The van der Waals surface area contributed by atoms with Gasteiger partial charge in [-0.2, -0.15) is 0 Å². The molecule has 2 rings (SSSR count). The van der Waals surface area contributed by atoms with E-state index in [1.54, 1.807) is 7.11 Å². The number of hydrogen-bond acceptors (Lipinski definition) is 2. The Labute approximate surface area is 85.1 Å². The molecule has 2 N–H and O–H groups in total.